The van der Waals surface area contributed by atoms with Crippen molar-refractivity contribution in [1.82, 2.24) is 20.9 Å². The van der Waals surface area contributed by atoms with Crippen molar-refractivity contribution < 1.29 is 19.1 Å². The summed E-state index contributed by atoms with van der Waals surface area (Å²) in [6.07, 6.45) is 9.37. The summed E-state index contributed by atoms with van der Waals surface area (Å²) in [4.78, 5) is 40.9. The summed E-state index contributed by atoms with van der Waals surface area (Å²) in [6.45, 7) is 0.629. The molecule has 168 valence electrons. The fraction of sp³-hybridized carbons (Fsp3) is 0.458. The number of H-pyrrole nitrogens is 1. The maximum Gasteiger partial charge on any atom is 0.268 e. The lowest BCUT2D eigenvalue weighted by atomic mass is 9.98. The van der Waals surface area contributed by atoms with Crippen LogP contribution in [0.5, 0.6) is 5.75 Å². The van der Waals surface area contributed by atoms with Gasteiger partial charge in [0.15, 0.2) is 0 Å². The molecule has 3 amide bonds. The standard InChI is InChI=1S/C24H28N4O4/c1-3-16(12-15-9-10-25-22(15)29)26-23(30)19(11-14-7-8-14)28-24(31)20-13-17-18(27-20)5-4-6-21(17)32-2/h1,4-6,13-16,19,27H,7-12H2,2H3,(H,25,29)(H,26,30)(H,28,31)/t15-,16+,19?/m0/s1. The van der Waals surface area contributed by atoms with Crippen LogP contribution in [-0.4, -0.2) is 48.4 Å². The first-order chi connectivity index (χ1) is 15.5. The molecule has 1 aromatic heterocycles. The van der Waals surface area contributed by atoms with Gasteiger partial charge in [-0.3, -0.25) is 14.4 Å². The minimum absolute atomic E-state index is 0.0310. The summed E-state index contributed by atoms with van der Waals surface area (Å²) in [5.74, 6) is 2.74. The molecule has 2 heterocycles. The van der Waals surface area contributed by atoms with E-state index in [2.05, 4.69) is 26.9 Å². The molecule has 8 nitrogen and oxygen atoms in total. The molecule has 1 aliphatic carbocycles. The number of rotatable bonds is 9. The largest absolute Gasteiger partial charge is 0.496 e. The van der Waals surface area contributed by atoms with Crippen molar-refractivity contribution >= 4 is 28.6 Å². The summed E-state index contributed by atoms with van der Waals surface area (Å²) < 4.78 is 5.36. The average molecular weight is 437 g/mol. The minimum atomic E-state index is -0.698. The van der Waals surface area contributed by atoms with Crippen molar-refractivity contribution in [3.05, 3.63) is 30.0 Å². The number of carbonyl (C=O) groups excluding carboxylic acids is 3. The number of carbonyl (C=O) groups is 3. The molecule has 1 unspecified atom stereocenters. The molecule has 2 fully saturated rings. The van der Waals surface area contributed by atoms with Crippen molar-refractivity contribution in [2.24, 2.45) is 11.8 Å². The van der Waals surface area contributed by atoms with Gasteiger partial charge in [0.1, 0.15) is 17.5 Å². The summed E-state index contributed by atoms with van der Waals surface area (Å²) >= 11 is 0. The zero-order valence-electron chi connectivity index (χ0n) is 18.1. The fourth-order valence-corrected chi connectivity index (χ4v) is 4.18. The van der Waals surface area contributed by atoms with E-state index in [1.165, 1.54) is 0 Å². The molecule has 0 bridgehead atoms. The van der Waals surface area contributed by atoms with E-state index in [1.54, 1.807) is 13.2 Å². The van der Waals surface area contributed by atoms with Gasteiger partial charge in [-0.2, -0.15) is 0 Å². The van der Waals surface area contributed by atoms with Gasteiger partial charge in [0.25, 0.3) is 5.91 Å². The van der Waals surface area contributed by atoms with E-state index in [0.717, 1.165) is 23.7 Å². The highest BCUT2D eigenvalue weighted by atomic mass is 16.5. The number of ether oxygens (including phenoxy) is 1. The van der Waals surface area contributed by atoms with Gasteiger partial charge in [-0.1, -0.05) is 24.8 Å². The Morgan fingerprint density at radius 1 is 1.25 bits per heavy atom. The van der Waals surface area contributed by atoms with Crippen molar-refractivity contribution in [1.29, 1.82) is 0 Å². The van der Waals surface area contributed by atoms with Crippen molar-refractivity contribution in [2.45, 2.75) is 44.2 Å². The number of fused-ring (bicyclic) bond motifs is 1. The number of amides is 3. The van der Waals surface area contributed by atoms with Gasteiger partial charge in [0.2, 0.25) is 11.8 Å². The van der Waals surface area contributed by atoms with Crippen LogP contribution in [0.3, 0.4) is 0 Å². The zero-order chi connectivity index (χ0) is 22.7. The van der Waals surface area contributed by atoms with Gasteiger partial charge < -0.3 is 25.7 Å². The minimum Gasteiger partial charge on any atom is -0.496 e. The molecule has 0 spiro atoms. The van der Waals surface area contributed by atoms with Crippen molar-refractivity contribution in [2.75, 3.05) is 13.7 Å². The van der Waals surface area contributed by atoms with E-state index in [4.69, 9.17) is 11.2 Å². The molecule has 2 aromatic rings. The first kappa shape index (κ1) is 21.8. The fourth-order valence-electron chi connectivity index (χ4n) is 4.18. The molecular formula is C24H28N4O4. The predicted octanol–water partition coefficient (Wildman–Crippen LogP) is 1.72. The third kappa shape index (κ3) is 4.88. The number of hydrogen-bond donors (Lipinski definition) is 4. The van der Waals surface area contributed by atoms with Crippen LogP contribution in [0, 0.1) is 24.2 Å². The Bertz CT molecular complexity index is 1070. The Kier molecular flexibility index (Phi) is 6.35. The van der Waals surface area contributed by atoms with E-state index in [1.807, 2.05) is 18.2 Å². The number of aromatic nitrogens is 1. The van der Waals surface area contributed by atoms with Gasteiger partial charge in [0.05, 0.1) is 13.2 Å². The van der Waals surface area contributed by atoms with E-state index in [0.29, 0.717) is 43.2 Å². The van der Waals surface area contributed by atoms with E-state index < -0.39 is 12.1 Å². The molecule has 4 rings (SSSR count). The Balaban J connectivity index is 1.44. The molecule has 1 saturated heterocycles. The van der Waals surface area contributed by atoms with Gasteiger partial charge in [-0.05, 0) is 43.4 Å². The molecule has 2 aliphatic rings. The lowest BCUT2D eigenvalue weighted by Crippen LogP contribution is -2.50. The Morgan fingerprint density at radius 2 is 2.06 bits per heavy atom. The van der Waals surface area contributed by atoms with Crippen molar-refractivity contribution in [3.8, 4) is 18.1 Å². The van der Waals surface area contributed by atoms with Gasteiger partial charge in [-0.15, -0.1) is 6.42 Å². The number of aromatic amines is 1. The predicted molar refractivity (Wildman–Crippen MR) is 120 cm³/mol. The van der Waals surface area contributed by atoms with Gasteiger partial charge in [-0.25, -0.2) is 0 Å². The lowest BCUT2D eigenvalue weighted by molar-refractivity contribution is -0.125. The maximum atomic E-state index is 13.0. The zero-order valence-corrected chi connectivity index (χ0v) is 18.1. The smallest absolute Gasteiger partial charge is 0.268 e. The highest BCUT2D eigenvalue weighted by molar-refractivity contribution is 6.01. The first-order valence-corrected chi connectivity index (χ1v) is 11.0. The van der Waals surface area contributed by atoms with Crippen LogP contribution in [-0.2, 0) is 9.59 Å². The van der Waals surface area contributed by atoms with Crippen LogP contribution in [0.15, 0.2) is 24.3 Å². The molecule has 1 saturated carbocycles. The summed E-state index contributed by atoms with van der Waals surface area (Å²) in [5, 5.41) is 9.29. The third-order valence-corrected chi connectivity index (χ3v) is 6.18. The monoisotopic (exact) mass is 436 g/mol. The quantitative estimate of drug-likeness (QED) is 0.449. The third-order valence-electron chi connectivity index (χ3n) is 6.18. The van der Waals surface area contributed by atoms with Crippen LogP contribution in [0.2, 0.25) is 0 Å². The molecule has 32 heavy (non-hydrogen) atoms. The summed E-state index contributed by atoms with van der Waals surface area (Å²) in [5.41, 5.74) is 1.13. The van der Waals surface area contributed by atoms with E-state index in [9.17, 15) is 14.4 Å². The SMILES string of the molecule is C#C[C@H](C[C@@H]1CCNC1=O)NC(=O)C(CC1CC1)NC(=O)c1cc2c(OC)cccc2[nH]1. The van der Waals surface area contributed by atoms with E-state index in [-0.39, 0.29) is 23.6 Å². The number of methoxy groups -OCH3 is 1. The maximum absolute atomic E-state index is 13.0. The van der Waals surface area contributed by atoms with Crippen LogP contribution in [0.4, 0.5) is 0 Å². The van der Waals surface area contributed by atoms with Crippen LogP contribution < -0.4 is 20.7 Å². The summed E-state index contributed by atoms with van der Waals surface area (Å²) in [7, 11) is 1.58. The van der Waals surface area contributed by atoms with Crippen LogP contribution >= 0.6 is 0 Å². The Morgan fingerprint density at radius 3 is 2.72 bits per heavy atom. The van der Waals surface area contributed by atoms with Gasteiger partial charge >= 0.3 is 0 Å². The second-order valence-electron chi connectivity index (χ2n) is 8.55. The highest BCUT2D eigenvalue weighted by Gasteiger charge is 2.33. The first-order valence-electron chi connectivity index (χ1n) is 11.0. The molecule has 0 radical (unpaired) electrons. The molecular weight excluding hydrogens is 408 g/mol. The van der Waals surface area contributed by atoms with Crippen LogP contribution in [0.25, 0.3) is 10.9 Å². The molecule has 1 aromatic carbocycles. The van der Waals surface area contributed by atoms with E-state index >= 15 is 0 Å². The number of terminal acetylenes is 1. The lowest BCUT2D eigenvalue weighted by Gasteiger charge is -2.22. The van der Waals surface area contributed by atoms with Crippen molar-refractivity contribution in [3.63, 3.8) is 0 Å². The number of nitrogens with one attached hydrogen (secondary N) is 4. The molecule has 8 heteroatoms. The number of benzene rings is 1. The highest BCUT2D eigenvalue weighted by Crippen LogP contribution is 2.34. The Labute approximate surface area is 186 Å². The Hall–Kier alpha value is -3.47. The second-order valence-corrected chi connectivity index (χ2v) is 8.55. The molecule has 4 N–H and O–H groups in total. The average Bonchev–Trinajstić information content (AvgIpc) is 3.35. The molecule has 3 atom stereocenters. The number of hydrogen-bond acceptors (Lipinski definition) is 4. The molecule has 1 aliphatic heterocycles. The van der Waals surface area contributed by atoms with Crippen LogP contribution in [0.1, 0.15) is 42.6 Å². The van der Waals surface area contributed by atoms with Gasteiger partial charge in [0, 0.05) is 23.4 Å². The second kappa shape index (κ2) is 9.35. The normalized spacial score (nSPS) is 19.6. The topological polar surface area (TPSA) is 112 Å². The summed E-state index contributed by atoms with van der Waals surface area (Å²) in [6, 6.07) is 5.99.